The van der Waals surface area contributed by atoms with Gasteiger partial charge in [-0.1, -0.05) is 37.9 Å². The highest BCUT2D eigenvalue weighted by Gasteiger charge is 2.26. The van der Waals surface area contributed by atoms with Crippen LogP contribution in [0.5, 0.6) is 0 Å². The van der Waals surface area contributed by atoms with E-state index in [0.29, 0.717) is 5.41 Å². The average Bonchev–Trinajstić information content (AvgIpc) is 2.46. The zero-order chi connectivity index (χ0) is 14.4. The van der Waals surface area contributed by atoms with E-state index in [2.05, 4.69) is 34.4 Å². The molecule has 1 aromatic rings. The van der Waals surface area contributed by atoms with E-state index >= 15 is 0 Å². The minimum atomic E-state index is 0.418. The van der Waals surface area contributed by atoms with Crippen LogP contribution >= 0.6 is 11.8 Å². The SMILES string of the molecule is CCNc1cc(NCC2(C)CCCCC2)nc(SC)n1. The molecule has 2 N–H and O–H groups in total. The summed E-state index contributed by atoms with van der Waals surface area (Å²) in [5.41, 5.74) is 0.418. The molecule has 1 aliphatic rings. The van der Waals surface area contributed by atoms with E-state index in [1.165, 1.54) is 32.1 Å². The summed E-state index contributed by atoms with van der Waals surface area (Å²) < 4.78 is 0. The summed E-state index contributed by atoms with van der Waals surface area (Å²) in [5.74, 6) is 1.84. The lowest BCUT2D eigenvalue weighted by Crippen LogP contribution is -2.29. The monoisotopic (exact) mass is 294 g/mol. The summed E-state index contributed by atoms with van der Waals surface area (Å²) >= 11 is 1.58. The minimum Gasteiger partial charge on any atom is -0.370 e. The van der Waals surface area contributed by atoms with Gasteiger partial charge in [0, 0.05) is 19.2 Å². The largest absolute Gasteiger partial charge is 0.370 e. The van der Waals surface area contributed by atoms with E-state index in [9.17, 15) is 0 Å². The molecular weight excluding hydrogens is 268 g/mol. The minimum absolute atomic E-state index is 0.418. The smallest absolute Gasteiger partial charge is 0.191 e. The zero-order valence-corrected chi connectivity index (χ0v) is 13.6. The van der Waals surface area contributed by atoms with Crippen molar-refractivity contribution in [2.45, 2.75) is 51.1 Å². The molecular formula is C15H26N4S. The molecule has 1 fully saturated rings. The van der Waals surface area contributed by atoms with Crippen molar-refractivity contribution in [3.05, 3.63) is 6.07 Å². The van der Waals surface area contributed by atoms with Gasteiger partial charge in [0.05, 0.1) is 0 Å². The topological polar surface area (TPSA) is 49.8 Å². The second kappa shape index (κ2) is 7.16. The second-order valence-corrected chi connectivity index (χ2v) is 6.65. The van der Waals surface area contributed by atoms with E-state index in [4.69, 9.17) is 0 Å². The van der Waals surface area contributed by atoms with Gasteiger partial charge in [-0.25, -0.2) is 9.97 Å². The molecule has 0 saturated heterocycles. The Hall–Kier alpha value is -0.970. The van der Waals surface area contributed by atoms with Crippen molar-refractivity contribution in [2.24, 2.45) is 5.41 Å². The van der Waals surface area contributed by atoms with Crippen molar-refractivity contribution >= 4 is 23.4 Å². The molecule has 112 valence electrons. The normalized spacial score (nSPS) is 17.8. The maximum Gasteiger partial charge on any atom is 0.191 e. The summed E-state index contributed by atoms with van der Waals surface area (Å²) in [5, 5.41) is 7.61. The highest BCUT2D eigenvalue weighted by atomic mass is 32.2. The Labute approximate surface area is 126 Å². The lowest BCUT2D eigenvalue weighted by molar-refractivity contribution is 0.233. The Morgan fingerprint density at radius 3 is 2.40 bits per heavy atom. The quantitative estimate of drug-likeness (QED) is 0.613. The number of thioether (sulfide) groups is 1. The number of anilines is 2. The third kappa shape index (κ3) is 4.27. The molecule has 0 spiro atoms. The molecule has 0 aliphatic heterocycles. The van der Waals surface area contributed by atoms with Gasteiger partial charge in [-0.2, -0.15) is 0 Å². The molecule has 2 rings (SSSR count). The van der Waals surface area contributed by atoms with Crippen molar-refractivity contribution in [3.8, 4) is 0 Å². The summed E-state index contributed by atoms with van der Waals surface area (Å²) in [6.45, 7) is 6.35. The van der Waals surface area contributed by atoms with Gasteiger partial charge < -0.3 is 10.6 Å². The van der Waals surface area contributed by atoms with Crippen LogP contribution in [0.3, 0.4) is 0 Å². The highest BCUT2D eigenvalue weighted by Crippen LogP contribution is 2.35. The van der Waals surface area contributed by atoms with Gasteiger partial charge in [-0.15, -0.1) is 0 Å². The van der Waals surface area contributed by atoms with Crippen molar-refractivity contribution in [1.29, 1.82) is 0 Å². The van der Waals surface area contributed by atoms with Crippen LogP contribution in [0.4, 0.5) is 11.6 Å². The molecule has 0 radical (unpaired) electrons. The van der Waals surface area contributed by atoms with Crippen LogP contribution in [0, 0.1) is 5.41 Å². The summed E-state index contributed by atoms with van der Waals surface area (Å²) in [4.78, 5) is 9.00. The molecule has 5 heteroatoms. The predicted molar refractivity (Wildman–Crippen MR) is 87.7 cm³/mol. The van der Waals surface area contributed by atoms with Gasteiger partial charge in [-0.05, 0) is 31.4 Å². The lowest BCUT2D eigenvalue weighted by atomic mass is 9.76. The summed E-state index contributed by atoms with van der Waals surface area (Å²) in [6.07, 6.45) is 8.77. The first kappa shape index (κ1) is 15.4. The van der Waals surface area contributed by atoms with E-state index in [-0.39, 0.29) is 0 Å². The fraction of sp³-hybridized carbons (Fsp3) is 0.733. The fourth-order valence-electron chi connectivity index (χ4n) is 2.76. The molecule has 4 nitrogen and oxygen atoms in total. The molecule has 0 amide bonds. The average molecular weight is 294 g/mol. The van der Waals surface area contributed by atoms with Gasteiger partial charge in [0.2, 0.25) is 0 Å². The van der Waals surface area contributed by atoms with Crippen LogP contribution in [0.1, 0.15) is 46.0 Å². The zero-order valence-electron chi connectivity index (χ0n) is 12.8. The Morgan fingerprint density at radius 2 is 1.80 bits per heavy atom. The van der Waals surface area contributed by atoms with Crippen LogP contribution in [-0.4, -0.2) is 29.3 Å². The van der Waals surface area contributed by atoms with Crippen LogP contribution < -0.4 is 10.6 Å². The van der Waals surface area contributed by atoms with Crippen LogP contribution in [-0.2, 0) is 0 Å². The van der Waals surface area contributed by atoms with Crippen LogP contribution in [0.2, 0.25) is 0 Å². The standard InChI is InChI=1S/C15H26N4S/c1-4-16-12-10-13(19-14(18-12)20-3)17-11-15(2)8-6-5-7-9-15/h10H,4-9,11H2,1-3H3,(H2,16,17,18,19). The molecule has 0 unspecified atom stereocenters. The molecule has 0 atom stereocenters. The van der Waals surface area contributed by atoms with Gasteiger partial charge in [-0.3, -0.25) is 0 Å². The van der Waals surface area contributed by atoms with Crippen molar-refractivity contribution in [3.63, 3.8) is 0 Å². The number of nitrogens with one attached hydrogen (secondary N) is 2. The first-order valence-corrected chi connectivity index (χ1v) is 8.78. The van der Waals surface area contributed by atoms with Crippen molar-refractivity contribution in [1.82, 2.24) is 9.97 Å². The van der Waals surface area contributed by atoms with Crippen LogP contribution in [0.25, 0.3) is 0 Å². The van der Waals surface area contributed by atoms with E-state index in [1.54, 1.807) is 11.8 Å². The fourth-order valence-corrected chi connectivity index (χ4v) is 3.14. The van der Waals surface area contributed by atoms with Crippen LogP contribution in [0.15, 0.2) is 11.2 Å². The number of rotatable bonds is 6. The molecule has 0 aromatic carbocycles. The van der Waals surface area contributed by atoms with Crippen molar-refractivity contribution < 1.29 is 0 Å². The Bertz CT molecular complexity index is 430. The van der Waals surface area contributed by atoms with E-state index in [0.717, 1.165) is 29.9 Å². The number of hydrogen-bond acceptors (Lipinski definition) is 5. The Kier molecular flexibility index (Phi) is 5.52. The molecule has 1 aromatic heterocycles. The number of aromatic nitrogens is 2. The van der Waals surface area contributed by atoms with Gasteiger partial charge in [0.25, 0.3) is 0 Å². The molecule has 0 bridgehead atoms. The van der Waals surface area contributed by atoms with Crippen molar-refractivity contribution in [2.75, 3.05) is 30.0 Å². The maximum atomic E-state index is 4.55. The van der Waals surface area contributed by atoms with E-state index < -0.39 is 0 Å². The van der Waals surface area contributed by atoms with Gasteiger partial charge in [0.15, 0.2) is 5.16 Å². The highest BCUT2D eigenvalue weighted by molar-refractivity contribution is 7.98. The second-order valence-electron chi connectivity index (χ2n) is 5.88. The summed E-state index contributed by atoms with van der Waals surface area (Å²) in [6, 6.07) is 2.01. The van der Waals surface area contributed by atoms with E-state index in [1.807, 2.05) is 12.3 Å². The lowest BCUT2D eigenvalue weighted by Gasteiger charge is -2.33. The summed E-state index contributed by atoms with van der Waals surface area (Å²) in [7, 11) is 0. The number of nitrogens with zero attached hydrogens (tertiary/aromatic N) is 2. The molecule has 20 heavy (non-hydrogen) atoms. The third-order valence-electron chi connectivity index (χ3n) is 4.00. The first-order valence-electron chi connectivity index (χ1n) is 7.56. The Balaban J connectivity index is 2.02. The molecule has 1 heterocycles. The predicted octanol–water partition coefficient (Wildman–Crippen LogP) is 4.01. The van der Waals surface area contributed by atoms with Gasteiger partial charge in [0.1, 0.15) is 11.6 Å². The first-order chi connectivity index (χ1) is 9.65. The van der Waals surface area contributed by atoms with Gasteiger partial charge >= 0.3 is 0 Å². The molecule has 1 aliphatic carbocycles. The third-order valence-corrected chi connectivity index (χ3v) is 4.55. The number of hydrogen-bond donors (Lipinski definition) is 2. The maximum absolute atomic E-state index is 4.55. The Morgan fingerprint density at radius 1 is 1.15 bits per heavy atom. The molecule has 1 saturated carbocycles.